The van der Waals surface area contributed by atoms with Crippen LogP contribution < -0.4 is 5.32 Å². The lowest BCUT2D eigenvalue weighted by atomic mass is 9.89. The first-order valence-corrected chi connectivity index (χ1v) is 11.3. The molecule has 1 aliphatic rings. The zero-order chi connectivity index (χ0) is 21.7. The molecule has 0 saturated heterocycles. The number of anilines is 1. The van der Waals surface area contributed by atoms with E-state index in [1.807, 2.05) is 18.2 Å². The van der Waals surface area contributed by atoms with Gasteiger partial charge >= 0.3 is 6.16 Å². The third kappa shape index (κ3) is 5.97. The molecule has 0 amide bonds. The van der Waals surface area contributed by atoms with Crippen LogP contribution in [-0.4, -0.2) is 26.3 Å². The van der Waals surface area contributed by atoms with Gasteiger partial charge in [-0.05, 0) is 43.5 Å². The largest absolute Gasteiger partial charge is 0.503 e. The molecule has 30 heavy (non-hydrogen) atoms. The Kier molecular flexibility index (Phi) is 7.75. The average Bonchev–Trinajstić information content (AvgIpc) is 3.09. The number of carbonyl (C=O) groups is 1. The SMILES string of the molecule is Cc1cc2c(NCc3ccc(Cl)c(Cl)c3)nc(C3CCCCC3)nc2s1.O=C(O)O. The maximum Gasteiger partial charge on any atom is 0.503 e. The average molecular weight is 468 g/mol. The minimum absolute atomic E-state index is 0.487. The molecule has 2 aromatic heterocycles. The number of hydrogen-bond acceptors (Lipinski definition) is 5. The van der Waals surface area contributed by atoms with Gasteiger partial charge in [-0.1, -0.05) is 48.5 Å². The second kappa shape index (κ2) is 10.3. The van der Waals surface area contributed by atoms with E-state index in [9.17, 15) is 0 Å². The zero-order valence-electron chi connectivity index (χ0n) is 16.5. The number of benzene rings is 1. The molecule has 3 N–H and O–H groups in total. The van der Waals surface area contributed by atoms with Crippen LogP contribution in [0.1, 0.15) is 54.3 Å². The number of nitrogens with zero attached hydrogens (tertiary/aromatic N) is 2. The monoisotopic (exact) mass is 467 g/mol. The molecule has 3 aromatic rings. The Morgan fingerprint density at radius 3 is 2.50 bits per heavy atom. The van der Waals surface area contributed by atoms with Crippen molar-refractivity contribution in [3.63, 3.8) is 0 Å². The van der Waals surface area contributed by atoms with Crippen LogP contribution in [0.5, 0.6) is 0 Å². The molecule has 1 aromatic carbocycles. The van der Waals surface area contributed by atoms with Crippen molar-refractivity contribution in [2.45, 2.75) is 51.5 Å². The van der Waals surface area contributed by atoms with E-state index in [1.54, 1.807) is 11.3 Å². The van der Waals surface area contributed by atoms with Crippen LogP contribution in [0.15, 0.2) is 24.3 Å². The van der Waals surface area contributed by atoms with E-state index in [2.05, 4.69) is 18.3 Å². The van der Waals surface area contributed by atoms with Crippen molar-refractivity contribution >= 4 is 56.7 Å². The molecule has 0 aliphatic heterocycles. The van der Waals surface area contributed by atoms with Crippen LogP contribution in [0, 0.1) is 6.92 Å². The Balaban J connectivity index is 0.000000589. The van der Waals surface area contributed by atoms with Crippen LogP contribution in [0.3, 0.4) is 0 Å². The van der Waals surface area contributed by atoms with Gasteiger partial charge in [0, 0.05) is 17.3 Å². The Morgan fingerprint density at radius 1 is 1.13 bits per heavy atom. The summed E-state index contributed by atoms with van der Waals surface area (Å²) in [6, 6.07) is 7.89. The van der Waals surface area contributed by atoms with Crippen molar-refractivity contribution in [1.82, 2.24) is 9.97 Å². The number of nitrogens with one attached hydrogen (secondary N) is 1. The van der Waals surface area contributed by atoms with Gasteiger partial charge < -0.3 is 15.5 Å². The van der Waals surface area contributed by atoms with E-state index in [-0.39, 0.29) is 0 Å². The quantitative estimate of drug-likeness (QED) is 0.375. The van der Waals surface area contributed by atoms with Gasteiger partial charge in [-0.25, -0.2) is 14.8 Å². The van der Waals surface area contributed by atoms with Crippen LogP contribution in [-0.2, 0) is 6.54 Å². The van der Waals surface area contributed by atoms with E-state index >= 15 is 0 Å². The van der Waals surface area contributed by atoms with Gasteiger partial charge in [-0.3, -0.25) is 0 Å². The first-order chi connectivity index (χ1) is 14.3. The summed E-state index contributed by atoms with van der Waals surface area (Å²) < 4.78 is 0. The van der Waals surface area contributed by atoms with Gasteiger partial charge in [0.25, 0.3) is 0 Å². The smallest absolute Gasteiger partial charge is 0.450 e. The van der Waals surface area contributed by atoms with Crippen LogP contribution in [0.25, 0.3) is 10.2 Å². The number of halogens is 2. The van der Waals surface area contributed by atoms with E-state index in [0.29, 0.717) is 22.5 Å². The summed E-state index contributed by atoms with van der Waals surface area (Å²) in [4.78, 5) is 20.7. The van der Waals surface area contributed by atoms with E-state index in [4.69, 9.17) is 48.2 Å². The second-order valence-corrected chi connectivity index (χ2v) is 9.27. The van der Waals surface area contributed by atoms with Gasteiger partial charge in [0.05, 0.1) is 15.4 Å². The van der Waals surface area contributed by atoms with E-state index < -0.39 is 6.16 Å². The number of aryl methyl sites for hydroxylation is 1. The van der Waals surface area contributed by atoms with E-state index in [0.717, 1.165) is 27.4 Å². The number of thiophene rings is 1. The summed E-state index contributed by atoms with van der Waals surface area (Å²) in [6.45, 7) is 2.78. The van der Waals surface area contributed by atoms with Crippen molar-refractivity contribution in [3.05, 3.63) is 50.6 Å². The van der Waals surface area contributed by atoms with Crippen LogP contribution in [0.4, 0.5) is 10.6 Å². The van der Waals surface area contributed by atoms with Gasteiger partial charge in [-0.2, -0.15) is 0 Å². The Labute approximate surface area is 188 Å². The standard InChI is InChI=1S/C20H21Cl2N3S.CH2O3/c1-12-9-15-19(23-11-13-7-8-16(21)17(22)10-13)24-18(25-20(15)26-12)14-5-3-2-4-6-14;2-1(3)4/h7-10,14H,2-6,11H2,1H3,(H,23,24,25);(H2,2,3,4). The molecular weight excluding hydrogens is 445 g/mol. The summed E-state index contributed by atoms with van der Waals surface area (Å²) in [6.07, 6.45) is 4.45. The highest BCUT2D eigenvalue weighted by atomic mass is 35.5. The van der Waals surface area contributed by atoms with Gasteiger partial charge in [0.15, 0.2) is 0 Å². The normalized spacial score (nSPS) is 14.2. The van der Waals surface area contributed by atoms with Crippen molar-refractivity contribution in [1.29, 1.82) is 0 Å². The first kappa shape index (κ1) is 22.6. The van der Waals surface area contributed by atoms with Gasteiger partial charge in [0.1, 0.15) is 16.5 Å². The molecule has 0 bridgehead atoms. The second-order valence-electron chi connectivity index (χ2n) is 7.23. The lowest BCUT2D eigenvalue weighted by Crippen LogP contribution is -2.11. The van der Waals surface area contributed by atoms with Crippen molar-refractivity contribution < 1.29 is 15.0 Å². The van der Waals surface area contributed by atoms with Crippen molar-refractivity contribution in [3.8, 4) is 0 Å². The topological polar surface area (TPSA) is 95.3 Å². The number of hydrogen-bond donors (Lipinski definition) is 3. The predicted molar refractivity (Wildman–Crippen MR) is 122 cm³/mol. The fourth-order valence-corrected chi connectivity index (χ4v) is 4.78. The molecule has 6 nitrogen and oxygen atoms in total. The van der Waals surface area contributed by atoms with Crippen molar-refractivity contribution in [2.24, 2.45) is 0 Å². The minimum Gasteiger partial charge on any atom is -0.450 e. The molecule has 1 saturated carbocycles. The molecule has 1 aliphatic carbocycles. The maximum absolute atomic E-state index is 8.56. The number of aromatic nitrogens is 2. The lowest BCUT2D eigenvalue weighted by Gasteiger charge is -2.21. The fraction of sp³-hybridized carbons (Fsp3) is 0.381. The molecule has 0 atom stereocenters. The number of carboxylic acid groups (broad SMARTS) is 2. The summed E-state index contributed by atoms with van der Waals surface area (Å²) >= 11 is 13.9. The predicted octanol–water partition coefficient (Wildman–Crippen LogP) is 7.19. The summed E-state index contributed by atoms with van der Waals surface area (Å²) in [5.74, 6) is 2.41. The van der Waals surface area contributed by atoms with Gasteiger partial charge in [0.2, 0.25) is 0 Å². The number of rotatable bonds is 4. The highest BCUT2D eigenvalue weighted by Crippen LogP contribution is 2.35. The summed E-state index contributed by atoms with van der Waals surface area (Å²) in [5.41, 5.74) is 1.08. The Hall–Kier alpha value is -2.09. The molecule has 1 fully saturated rings. The number of fused-ring (bicyclic) bond motifs is 1. The highest BCUT2D eigenvalue weighted by molar-refractivity contribution is 7.18. The van der Waals surface area contributed by atoms with Gasteiger partial charge in [-0.15, -0.1) is 11.3 Å². The third-order valence-electron chi connectivity index (χ3n) is 4.95. The first-order valence-electron chi connectivity index (χ1n) is 9.71. The Bertz CT molecular complexity index is 1030. The molecule has 4 rings (SSSR count). The van der Waals surface area contributed by atoms with E-state index in [1.165, 1.54) is 37.0 Å². The Morgan fingerprint density at radius 2 is 1.83 bits per heavy atom. The third-order valence-corrected chi connectivity index (χ3v) is 6.63. The maximum atomic E-state index is 8.56. The molecule has 0 unspecified atom stereocenters. The highest BCUT2D eigenvalue weighted by Gasteiger charge is 2.20. The molecule has 0 spiro atoms. The van der Waals surface area contributed by atoms with Crippen molar-refractivity contribution in [2.75, 3.05) is 5.32 Å². The minimum atomic E-state index is -1.83. The molecule has 9 heteroatoms. The van der Waals surface area contributed by atoms with Crippen LogP contribution >= 0.6 is 34.5 Å². The fourth-order valence-electron chi connectivity index (χ4n) is 3.57. The molecule has 2 heterocycles. The molecule has 0 radical (unpaired) electrons. The zero-order valence-corrected chi connectivity index (χ0v) is 18.8. The summed E-state index contributed by atoms with van der Waals surface area (Å²) in [7, 11) is 0. The molecular formula is C21H23Cl2N3O3S. The van der Waals surface area contributed by atoms with Crippen LogP contribution in [0.2, 0.25) is 10.0 Å². The molecule has 160 valence electrons. The lowest BCUT2D eigenvalue weighted by molar-refractivity contribution is 0.137. The summed E-state index contributed by atoms with van der Waals surface area (Å²) in [5, 5.41) is 19.7.